The molecule has 2 aromatic carbocycles. The van der Waals surface area contributed by atoms with Crippen molar-refractivity contribution in [1.82, 2.24) is 0 Å². The summed E-state index contributed by atoms with van der Waals surface area (Å²) in [6.45, 7) is 0. The van der Waals surface area contributed by atoms with Crippen molar-refractivity contribution in [2.75, 3.05) is 5.32 Å². The average molecular weight is 278 g/mol. The molecular weight excluding hydrogens is 265 g/mol. The Morgan fingerprint density at radius 2 is 2.11 bits per heavy atom. The number of phenols is 1. The number of anilines is 1. The van der Waals surface area contributed by atoms with E-state index >= 15 is 0 Å². The Morgan fingerprint density at radius 3 is 2.89 bits per heavy atom. The second-order valence-electron chi connectivity index (χ2n) is 4.71. The minimum Gasteiger partial charge on any atom is -0.508 e. The summed E-state index contributed by atoms with van der Waals surface area (Å²) in [5.41, 5.74) is 2.76. The monoisotopic (exact) mass is 277 g/mol. The lowest BCUT2D eigenvalue weighted by Crippen LogP contribution is -2.07. The third-order valence-electron chi connectivity index (χ3n) is 3.51. The fourth-order valence-electron chi connectivity index (χ4n) is 2.57. The number of nitrogens with one attached hydrogen (secondary N) is 1. The zero-order chi connectivity index (χ0) is 13.4. The van der Waals surface area contributed by atoms with Gasteiger partial charge in [-0.05, 0) is 48.2 Å². The summed E-state index contributed by atoms with van der Waals surface area (Å²) in [7, 11) is 0. The molecule has 3 rings (SSSR count). The molecule has 0 aliphatic heterocycles. The molecule has 1 atom stereocenters. The molecule has 0 radical (unpaired) electrons. The number of aromatic hydroxyl groups is 1. The van der Waals surface area contributed by atoms with Crippen LogP contribution < -0.4 is 5.32 Å². The smallest absolute Gasteiger partial charge is 0.143 e. The molecular formula is C15H13ClFNO. The van der Waals surface area contributed by atoms with Crippen LogP contribution in [0, 0.1) is 5.82 Å². The van der Waals surface area contributed by atoms with Crippen LogP contribution in [0.25, 0.3) is 0 Å². The summed E-state index contributed by atoms with van der Waals surface area (Å²) >= 11 is 5.66. The molecule has 0 bridgehead atoms. The van der Waals surface area contributed by atoms with E-state index in [1.165, 1.54) is 12.1 Å². The highest BCUT2D eigenvalue weighted by Crippen LogP contribution is 2.38. The summed E-state index contributed by atoms with van der Waals surface area (Å²) in [6, 6.07) is 10.3. The lowest BCUT2D eigenvalue weighted by molar-refractivity contribution is 0.469. The van der Waals surface area contributed by atoms with E-state index in [9.17, 15) is 9.50 Å². The van der Waals surface area contributed by atoms with E-state index in [0.29, 0.717) is 11.4 Å². The Hall–Kier alpha value is -1.74. The van der Waals surface area contributed by atoms with Gasteiger partial charge in [0.15, 0.2) is 0 Å². The zero-order valence-corrected chi connectivity index (χ0v) is 10.9. The Bertz CT molecular complexity index is 630. The summed E-state index contributed by atoms with van der Waals surface area (Å²) in [6.07, 6.45) is 1.72. The van der Waals surface area contributed by atoms with E-state index in [1.807, 2.05) is 12.1 Å². The molecule has 0 spiro atoms. The Morgan fingerprint density at radius 1 is 1.26 bits per heavy atom. The second-order valence-corrected chi connectivity index (χ2v) is 5.12. The van der Waals surface area contributed by atoms with Gasteiger partial charge in [-0.25, -0.2) is 4.39 Å². The van der Waals surface area contributed by atoms with Crippen molar-refractivity contribution < 1.29 is 9.50 Å². The summed E-state index contributed by atoms with van der Waals surface area (Å²) < 4.78 is 13.4. The van der Waals surface area contributed by atoms with Crippen molar-refractivity contribution in [1.29, 1.82) is 0 Å². The van der Waals surface area contributed by atoms with E-state index in [0.717, 1.165) is 24.0 Å². The second kappa shape index (κ2) is 4.74. The van der Waals surface area contributed by atoms with Crippen LogP contribution >= 0.6 is 11.6 Å². The standard InChI is InChI=1S/C15H13ClFNO/c16-12-6-4-9(8-13(12)17)18-14-7-5-11-10(14)2-1-3-15(11)19/h1-4,6,8,14,18-19H,5,7H2. The molecule has 1 unspecified atom stereocenters. The SMILES string of the molecule is Oc1cccc2c1CCC2Nc1ccc(Cl)c(F)c1. The first-order valence-corrected chi connectivity index (χ1v) is 6.55. The number of rotatable bonds is 2. The molecule has 1 aliphatic rings. The number of hydrogen-bond acceptors (Lipinski definition) is 2. The first kappa shape index (κ1) is 12.3. The van der Waals surface area contributed by atoms with E-state index in [1.54, 1.807) is 12.1 Å². The van der Waals surface area contributed by atoms with Crippen molar-refractivity contribution in [3.05, 3.63) is 58.4 Å². The molecule has 2 nitrogen and oxygen atoms in total. The van der Waals surface area contributed by atoms with Crippen molar-refractivity contribution in [3.63, 3.8) is 0 Å². The highest BCUT2D eigenvalue weighted by atomic mass is 35.5. The maximum Gasteiger partial charge on any atom is 0.143 e. The largest absolute Gasteiger partial charge is 0.508 e. The number of benzene rings is 2. The summed E-state index contributed by atoms with van der Waals surface area (Å²) in [4.78, 5) is 0. The van der Waals surface area contributed by atoms with E-state index in [2.05, 4.69) is 5.32 Å². The average Bonchev–Trinajstić information content (AvgIpc) is 2.79. The number of phenolic OH excluding ortho intramolecular Hbond substituents is 1. The molecule has 2 aromatic rings. The van der Waals surface area contributed by atoms with Gasteiger partial charge in [-0.3, -0.25) is 0 Å². The van der Waals surface area contributed by atoms with Crippen LogP contribution in [0.15, 0.2) is 36.4 Å². The van der Waals surface area contributed by atoms with Gasteiger partial charge >= 0.3 is 0 Å². The number of hydrogen-bond donors (Lipinski definition) is 2. The molecule has 0 amide bonds. The molecule has 2 N–H and O–H groups in total. The molecule has 0 heterocycles. The Labute approximate surface area is 115 Å². The van der Waals surface area contributed by atoms with Gasteiger partial charge in [-0.1, -0.05) is 23.7 Å². The van der Waals surface area contributed by atoms with Crippen LogP contribution in [0.1, 0.15) is 23.6 Å². The number of halogens is 2. The van der Waals surface area contributed by atoms with E-state index in [-0.39, 0.29) is 11.1 Å². The first-order chi connectivity index (χ1) is 9.15. The minimum atomic E-state index is -0.430. The maximum absolute atomic E-state index is 13.4. The van der Waals surface area contributed by atoms with Crippen LogP contribution in [0.3, 0.4) is 0 Å². The molecule has 19 heavy (non-hydrogen) atoms. The highest BCUT2D eigenvalue weighted by Gasteiger charge is 2.24. The molecule has 0 aromatic heterocycles. The van der Waals surface area contributed by atoms with Gasteiger partial charge in [-0.15, -0.1) is 0 Å². The third-order valence-corrected chi connectivity index (χ3v) is 3.81. The molecule has 1 aliphatic carbocycles. The van der Waals surface area contributed by atoms with Crippen molar-refractivity contribution >= 4 is 17.3 Å². The van der Waals surface area contributed by atoms with Crippen molar-refractivity contribution in [3.8, 4) is 5.75 Å². The van der Waals surface area contributed by atoms with Crippen LogP contribution in [-0.4, -0.2) is 5.11 Å². The first-order valence-electron chi connectivity index (χ1n) is 6.17. The van der Waals surface area contributed by atoms with Gasteiger partial charge in [0.1, 0.15) is 11.6 Å². The van der Waals surface area contributed by atoms with E-state index in [4.69, 9.17) is 11.6 Å². The van der Waals surface area contributed by atoms with Crippen LogP contribution in [0.5, 0.6) is 5.75 Å². The lowest BCUT2D eigenvalue weighted by Gasteiger charge is -2.16. The fraction of sp³-hybridized carbons (Fsp3) is 0.200. The molecule has 0 saturated carbocycles. The van der Waals surface area contributed by atoms with Gasteiger partial charge < -0.3 is 10.4 Å². The number of fused-ring (bicyclic) bond motifs is 1. The lowest BCUT2D eigenvalue weighted by atomic mass is 10.1. The highest BCUT2D eigenvalue weighted by molar-refractivity contribution is 6.30. The van der Waals surface area contributed by atoms with Gasteiger partial charge in [0.25, 0.3) is 0 Å². The topological polar surface area (TPSA) is 32.3 Å². The molecule has 0 fully saturated rings. The summed E-state index contributed by atoms with van der Waals surface area (Å²) in [5.74, 6) is -0.0927. The molecule has 4 heteroatoms. The van der Waals surface area contributed by atoms with Gasteiger partial charge in [0.2, 0.25) is 0 Å². The van der Waals surface area contributed by atoms with Crippen molar-refractivity contribution in [2.45, 2.75) is 18.9 Å². The quantitative estimate of drug-likeness (QED) is 0.858. The Balaban J connectivity index is 1.86. The molecule has 0 saturated heterocycles. The van der Waals surface area contributed by atoms with Gasteiger partial charge in [0.05, 0.1) is 11.1 Å². The summed E-state index contributed by atoms with van der Waals surface area (Å²) in [5, 5.41) is 13.2. The Kier molecular flexibility index (Phi) is 3.07. The van der Waals surface area contributed by atoms with Crippen molar-refractivity contribution in [2.24, 2.45) is 0 Å². The van der Waals surface area contributed by atoms with Crippen LogP contribution in [0.2, 0.25) is 5.02 Å². The zero-order valence-electron chi connectivity index (χ0n) is 10.2. The van der Waals surface area contributed by atoms with Gasteiger partial charge in [-0.2, -0.15) is 0 Å². The minimum absolute atomic E-state index is 0.0997. The van der Waals surface area contributed by atoms with E-state index < -0.39 is 5.82 Å². The maximum atomic E-state index is 13.4. The van der Waals surface area contributed by atoms with Crippen LogP contribution in [-0.2, 0) is 6.42 Å². The predicted octanol–water partition coefficient (Wildman–Crippen LogP) is 4.28. The normalized spacial score (nSPS) is 17.3. The van der Waals surface area contributed by atoms with Gasteiger partial charge in [0, 0.05) is 5.69 Å². The third kappa shape index (κ3) is 2.26. The van der Waals surface area contributed by atoms with Crippen LogP contribution in [0.4, 0.5) is 10.1 Å². The fourth-order valence-corrected chi connectivity index (χ4v) is 2.69. The predicted molar refractivity (Wildman–Crippen MR) is 74.2 cm³/mol. The molecule has 98 valence electrons.